The van der Waals surface area contributed by atoms with E-state index in [1.807, 2.05) is 6.07 Å². The van der Waals surface area contributed by atoms with Crippen LogP contribution in [0.25, 0.3) is 0 Å². The van der Waals surface area contributed by atoms with Gasteiger partial charge in [-0.1, -0.05) is 0 Å². The van der Waals surface area contributed by atoms with Gasteiger partial charge >= 0.3 is 0 Å². The Morgan fingerprint density at radius 1 is 1.24 bits per heavy atom. The van der Waals surface area contributed by atoms with Gasteiger partial charge in [-0.05, 0) is 79.8 Å². The lowest BCUT2D eigenvalue weighted by molar-refractivity contribution is 0.107. The Morgan fingerprint density at radius 2 is 1.95 bits per heavy atom. The molecule has 1 aromatic heterocycles. The molecule has 0 radical (unpaired) electrons. The van der Waals surface area contributed by atoms with Crippen LogP contribution in [0.2, 0.25) is 0 Å². The van der Waals surface area contributed by atoms with Gasteiger partial charge in [0.2, 0.25) is 0 Å². The number of piperidine rings is 1. The average Bonchev–Trinajstić information content (AvgIpc) is 3.14. The number of rotatable bonds is 5. The minimum absolute atomic E-state index is 0.210. The fourth-order valence-corrected chi connectivity index (χ4v) is 4.21. The maximum atomic E-state index is 6.00. The second-order valence-electron chi connectivity index (χ2n) is 6.37. The largest absolute Gasteiger partial charge is 0.466 e. The van der Waals surface area contributed by atoms with E-state index in [0.29, 0.717) is 6.54 Å². The molecule has 0 saturated carbocycles. The van der Waals surface area contributed by atoms with Crippen molar-refractivity contribution in [2.75, 3.05) is 39.3 Å². The van der Waals surface area contributed by atoms with Crippen LogP contribution in [0.4, 0.5) is 0 Å². The third-order valence-electron chi connectivity index (χ3n) is 4.98. The van der Waals surface area contributed by atoms with Crippen molar-refractivity contribution in [2.24, 2.45) is 11.7 Å². The number of nitrogens with two attached hydrogens (primary N) is 1. The summed E-state index contributed by atoms with van der Waals surface area (Å²) in [4.78, 5) is 5.13. The van der Waals surface area contributed by atoms with Crippen LogP contribution >= 0.6 is 15.9 Å². The summed E-state index contributed by atoms with van der Waals surface area (Å²) >= 11 is 3.56. The van der Waals surface area contributed by atoms with Crippen molar-refractivity contribution in [3.05, 3.63) is 22.6 Å². The Bertz CT molecular complexity index is 436. The summed E-state index contributed by atoms with van der Waals surface area (Å²) in [5.74, 6) is 1.84. The minimum atomic E-state index is 0.210. The minimum Gasteiger partial charge on any atom is -0.466 e. The Balaban J connectivity index is 1.53. The number of hydrogen-bond donors (Lipinski definition) is 1. The van der Waals surface area contributed by atoms with E-state index >= 15 is 0 Å². The van der Waals surface area contributed by atoms with Crippen LogP contribution in [0.1, 0.15) is 37.5 Å². The van der Waals surface area contributed by atoms with E-state index in [0.717, 1.165) is 29.2 Å². The molecule has 1 unspecified atom stereocenters. The summed E-state index contributed by atoms with van der Waals surface area (Å²) in [5.41, 5.74) is 6.00. The van der Waals surface area contributed by atoms with E-state index in [1.54, 1.807) is 6.26 Å². The first-order valence-corrected chi connectivity index (χ1v) is 8.96. The molecule has 3 rings (SSSR count). The van der Waals surface area contributed by atoms with Gasteiger partial charge in [-0.3, -0.25) is 4.90 Å². The number of furan rings is 1. The second kappa shape index (κ2) is 7.27. The third kappa shape index (κ3) is 3.70. The maximum absolute atomic E-state index is 6.00. The molecular formula is C16H26BrN3O. The third-order valence-corrected chi connectivity index (χ3v) is 5.63. The van der Waals surface area contributed by atoms with E-state index in [4.69, 9.17) is 10.2 Å². The normalized spacial score (nSPS) is 23.7. The highest BCUT2D eigenvalue weighted by Crippen LogP contribution is 2.31. The molecule has 2 aliphatic rings. The van der Waals surface area contributed by atoms with Gasteiger partial charge in [-0.15, -0.1) is 0 Å². The van der Waals surface area contributed by atoms with E-state index < -0.39 is 0 Å². The standard InChI is InChI=1S/C16H26BrN3O/c17-14-5-10-21-16(14)15(11-18)20-8-3-13(4-9-20)12-19-6-1-2-7-19/h5,10,13,15H,1-4,6-9,11-12,18H2. The summed E-state index contributed by atoms with van der Waals surface area (Å²) in [6, 6.07) is 2.17. The van der Waals surface area contributed by atoms with Crippen molar-refractivity contribution >= 4 is 15.9 Å². The lowest BCUT2D eigenvalue weighted by Gasteiger charge is -2.37. The number of halogens is 1. The van der Waals surface area contributed by atoms with E-state index in [9.17, 15) is 0 Å². The molecule has 0 aromatic carbocycles. The van der Waals surface area contributed by atoms with Crippen LogP contribution in [0, 0.1) is 5.92 Å². The summed E-state index contributed by atoms with van der Waals surface area (Å²) in [6.07, 6.45) is 7.08. The van der Waals surface area contributed by atoms with Crippen molar-refractivity contribution in [1.29, 1.82) is 0 Å². The number of likely N-dealkylation sites (tertiary alicyclic amines) is 2. The monoisotopic (exact) mass is 355 g/mol. The number of hydrogen-bond acceptors (Lipinski definition) is 4. The van der Waals surface area contributed by atoms with Crippen LogP contribution in [0.5, 0.6) is 0 Å². The van der Waals surface area contributed by atoms with Crippen molar-refractivity contribution in [2.45, 2.75) is 31.7 Å². The Hall–Kier alpha value is -0.360. The molecule has 2 saturated heterocycles. The fourth-order valence-electron chi connectivity index (χ4n) is 3.74. The molecule has 5 heteroatoms. The molecule has 0 spiro atoms. The highest BCUT2D eigenvalue weighted by atomic mass is 79.9. The Labute approximate surface area is 135 Å². The zero-order chi connectivity index (χ0) is 14.7. The summed E-state index contributed by atoms with van der Waals surface area (Å²) in [7, 11) is 0. The molecule has 0 bridgehead atoms. The predicted molar refractivity (Wildman–Crippen MR) is 88.2 cm³/mol. The van der Waals surface area contributed by atoms with Crippen LogP contribution in [0.3, 0.4) is 0 Å². The van der Waals surface area contributed by atoms with Gasteiger partial charge in [0.05, 0.1) is 16.8 Å². The molecule has 1 atom stereocenters. The molecule has 21 heavy (non-hydrogen) atoms. The van der Waals surface area contributed by atoms with Gasteiger partial charge in [0.15, 0.2) is 0 Å². The maximum Gasteiger partial charge on any atom is 0.136 e. The van der Waals surface area contributed by atoms with Gasteiger partial charge in [0.25, 0.3) is 0 Å². The topological polar surface area (TPSA) is 45.6 Å². The highest BCUT2D eigenvalue weighted by molar-refractivity contribution is 9.10. The van der Waals surface area contributed by atoms with Crippen molar-refractivity contribution in [3.63, 3.8) is 0 Å². The predicted octanol–water partition coefficient (Wildman–Crippen LogP) is 2.85. The lowest BCUT2D eigenvalue weighted by Crippen LogP contribution is -2.42. The molecule has 2 N–H and O–H groups in total. The molecule has 1 aromatic rings. The smallest absolute Gasteiger partial charge is 0.136 e. The van der Waals surface area contributed by atoms with Crippen molar-refractivity contribution in [1.82, 2.24) is 9.80 Å². The second-order valence-corrected chi connectivity index (χ2v) is 7.23. The molecule has 0 aliphatic carbocycles. The average molecular weight is 356 g/mol. The molecular weight excluding hydrogens is 330 g/mol. The van der Waals surface area contributed by atoms with Gasteiger partial charge in [-0.2, -0.15) is 0 Å². The Kier molecular flexibility index (Phi) is 5.38. The summed E-state index contributed by atoms with van der Waals surface area (Å²) < 4.78 is 6.67. The summed E-state index contributed by atoms with van der Waals surface area (Å²) in [6.45, 7) is 6.80. The number of nitrogens with zero attached hydrogens (tertiary/aromatic N) is 2. The van der Waals surface area contributed by atoms with E-state index in [1.165, 1.54) is 45.3 Å². The van der Waals surface area contributed by atoms with Crippen LogP contribution in [-0.2, 0) is 0 Å². The van der Waals surface area contributed by atoms with E-state index in [-0.39, 0.29) is 6.04 Å². The molecule has 0 amide bonds. The van der Waals surface area contributed by atoms with Gasteiger partial charge in [0.1, 0.15) is 5.76 Å². The first kappa shape index (κ1) is 15.5. The van der Waals surface area contributed by atoms with Crippen molar-refractivity contribution in [3.8, 4) is 0 Å². The quantitative estimate of drug-likeness (QED) is 0.881. The van der Waals surface area contributed by atoms with Gasteiger partial charge < -0.3 is 15.1 Å². The van der Waals surface area contributed by atoms with Gasteiger partial charge in [0, 0.05) is 13.1 Å². The molecule has 3 heterocycles. The molecule has 2 fully saturated rings. The SMILES string of the molecule is NCC(c1occc1Br)N1CCC(CN2CCCC2)CC1. The van der Waals surface area contributed by atoms with Crippen LogP contribution in [-0.4, -0.2) is 49.1 Å². The fraction of sp³-hybridized carbons (Fsp3) is 0.750. The van der Waals surface area contributed by atoms with Crippen LogP contribution < -0.4 is 5.73 Å². The first-order valence-electron chi connectivity index (χ1n) is 8.17. The van der Waals surface area contributed by atoms with Crippen LogP contribution in [0.15, 0.2) is 21.2 Å². The molecule has 118 valence electrons. The van der Waals surface area contributed by atoms with Crippen molar-refractivity contribution < 1.29 is 4.42 Å². The van der Waals surface area contributed by atoms with Gasteiger partial charge in [-0.25, -0.2) is 0 Å². The molecule has 2 aliphatic heterocycles. The lowest BCUT2D eigenvalue weighted by atomic mass is 9.94. The first-order chi connectivity index (χ1) is 10.3. The summed E-state index contributed by atoms with van der Waals surface area (Å²) in [5, 5.41) is 0. The van der Waals surface area contributed by atoms with E-state index in [2.05, 4.69) is 25.7 Å². The highest BCUT2D eigenvalue weighted by Gasteiger charge is 2.29. The Morgan fingerprint density at radius 3 is 2.52 bits per heavy atom. The zero-order valence-electron chi connectivity index (χ0n) is 12.6. The zero-order valence-corrected chi connectivity index (χ0v) is 14.2. The molecule has 4 nitrogen and oxygen atoms in total.